The summed E-state index contributed by atoms with van der Waals surface area (Å²) >= 11 is 0. The molecule has 18 heavy (non-hydrogen) atoms. The van der Waals surface area contributed by atoms with E-state index in [-0.39, 0.29) is 5.91 Å². The highest BCUT2D eigenvalue weighted by molar-refractivity contribution is 5.94. The third-order valence-electron chi connectivity index (χ3n) is 3.67. The molecule has 0 aliphatic heterocycles. The Balaban J connectivity index is 2.89. The van der Waals surface area contributed by atoms with Crippen LogP contribution in [0.25, 0.3) is 10.9 Å². The summed E-state index contributed by atoms with van der Waals surface area (Å²) in [4.78, 5) is 11.3. The van der Waals surface area contributed by atoms with Crippen molar-refractivity contribution in [2.45, 2.75) is 40.7 Å². The lowest BCUT2D eigenvalue weighted by molar-refractivity contribution is -0.117. The number of nitrogens with zero attached hydrogens (tertiary/aromatic N) is 1. The molecule has 0 saturated heterocycles. The van der Waals surface area contributed by atoms with E-state index in [1.807, 2.05) is 0 Å². The topological polar surface area (TPSA) is 48.0 Å². The molecule has 96 valence electrons. The Morgan fingerprint density at radius 1 is 1.22 bits per heavy atom. The van der Waals surface area contributed by atoms with Crippen LogP contribution in [0.15, 0.2) is 12.1 Å². The first-order valence-corrected chi connectivity index (χ1v) is 6.33. The number of amides is 1. The van der Waals surface area contributed by atoms with Gasteiger partial charge in [-0.05, 0) is 44.4 Å². The highest BCUT2D eigenvalue weighted by atomic mass is 16.1. The van der Waals surface area contributed by atoms with Crippen molar-refractivity contribution < 1.29 is 4.79 Å². The summed E-state index contributed by atoms with van der Waals surface area (Å²) in [5.74, 6) is -0.269. The zero-order chi connectivity index (χ0) is 13.4. The van der Waals surface area contributed by atoms with Gasteiger partial charge in [0, 0.05) is 17.6 Å². The van der Waals surface area contributed by atoms with Crippen LogP contribution in [0.4, 0.5) is 0 Å². The summed E-state index contributed by atoms with van der Waals surface area (Å²) in [6, 6.07) is 4.25. The summed E-state index contributed by atoms with van der Waals surface area (Å²) in [5.41, 5.74) is 11.3. The Morgan fingerprint density at radius 3 is 2.39 bits per heavy atom. The SMILES string of the molecule is CCn1c(C)c(CC(N)=O)c2c(C)ccc(C)c21. The minimum absolute atomic E-state index is 0.269. The summed E-state index contributed by atoms with van der Waals surface area (Å²) in [7, 11) is 0. The second-order valence-corrected chi connectivity index (χ2v) is 4.87. The third-order valence-corrected chi connectivity index (χ3v) is 3.67. The van der Waals surface area contributed by atoms with Crippen LogP contribution in [0.2, 0.25) is 0 Å². The Bertz CT molecular complexity index is 623. The molecule has 1 heterocycles. The number of carbonyl (C=O) groups excluding carboxylic acids is 1. The van der Waals surface area contributed by atoms with Gasteiger partial charge in [-0.3, -0.25) is 4.79 Å². The molecule has 2 aromatic rings. The second-order valence-electron chi connectivity index (χ2n) is 4.87. The lowest BCUT2D eigenvalue weighted by Crippen LogP contribution is -2.14. The molecule has 0 aliphatic carbocycles. The molecule has 1 aromatic heterocycles. The maximum Gasteiger partial charge on any atom is 0.221 e. The molecule has 0 fully saturated rings. The van der Waals surface area contributed by atoms with Gasteiger partial charge in [-0.25, -0.2) is 0 Å². The molecule has 1 aromatic carbocycles. The number of rotatable bonds is 3. The number of benzene rings is 1. The molecule has 1 amide bonds. The van der Waals surface area contributed by atoms with Crippen LogP contribution in [0.3, 0.4) is 0 Å². The monoisotopic (exact) mass is 244 g/mol. The van der Waals surface area contributed by atoms with E-state index in [1.54, 1.807) is 0 Å². The summed E-state index contributed by atoms with van der Waals surface area (Å²) < 4.78 is 2.27. The molecule has 3 nitrogen and oxygen atoms in total. The van der Waals surface area contributed by atoms with E-state index in [4.69, 9.17) is 5.73 Å². The van der Waals surface area contributed by atoms with Gasteiger partial charge in [0.05, 0.1) is 11.9 Å². The Kier molecular flexibility index (Phi) is 3.16. The Hall–Kier alpha value is -1.77. The number of aromatic nitrogens is 1. The smallest absolute Gasteiger partial charge is 0.221 e. The van der Waals surface area contributed by atoms with Crippen LogP contribution in [-0.2, 0) is 17.8 Å². The van der Waals surface area contributed by atoms with Crippen LogP contribution >= 0.6 is 0 Å². The molecule has 3 heteroatoms. The summed E-state index contributed by atoms with van der Waals surface area (Å²) in [5, 5.41) is 1.20. The van der Waals surface area contributed by atoms with E-state index in [0.29, 0.717) is 6.42 Å². The van der Waals surface area contributed by atoms with E-state index in [1.165, 1.54) is 22.0 Å². The lowest BCUT2D eigenvalue weighted by atomic mass is 10.0. The standard InChI is InChI=1S/C15H20N2O/c1-5-17-11(4)12(8-13(16)18)14-9(2)6-7-10(3)15(14)17/h6-7H,5,8H2,1-4H3,(H2,16,18). The van der Waals surface area contributed by atoms with Crippen molar-refractivity contribution >= 4 is 16.8 Å². The van der Waals surface area contributed by atoms with Crippen LogP contribution in [0.5, 0.6) is 0 Å². The predicted molar refractivity (Wildman–Crippen MR) is 74.7 cm³/mol. The first-order chi connectivity index (χ1) is 8.47. The average molecular weight is 244 g/mol. The molecular weight excluding hydrogens is 224 g/mol. The molecule has 0 unspecified atom stereocenters. The van der Waals surface area contributed by atoms with Crippen LogP contribution in [0, 0.1) is 20.8 Å². The summed E-state index contributed by atoms with van der Waals surface area (Å²) in [6.07, 6.45) is 0.319. The first kappa shape index (κ1) is 12.7. The maximum atomic E-state index is 11.3. The van der Waals surface area contributed by atoms with E-state index in [2.05, 4.69) is 44.4 Å². The fourth-order valence-electron chi connectivity index (χ4n) is 2.82. The predicted octanol–water partition coefficient (Wildman–Crippen LogP) is 2.61. The van der Waals surface area contributed by atoms with Crippen LogP contribution in [0.1, 0.15) is 29.3 Å². The number of fused-ring (bicyclic) bond motifs is 1. The Labute approximate surface area is 108 Å². The maximum absolute atomic E-state index is 11.3. The van der Waals surface area contributed by atoms with Gasteiger partial charge in [-0.1, -0.05) is 12.1 Å². The summed E-state index contributed by atoms with van der Waals surface area (Å²) in [6.45, 7) is 9.31. The average Bonchev–Trinajstić information content (AvgIpc) is 2.58. The van der Waals surface area contributed by atoms with Gasteiger partial charge >= 0.3 is 0 Å². The molecular formula is C15H20N2O. The van der Waals surface area contributed by atoms with Gasteiger partial charge < -0.3 is 10.3 Å². The number of aryl methyl sites for hydroxylation is 3. The van der Waals surface area contributed by atoms with Gasteiger partial charge in [0.15, 0.2) is 0 Å². The van der Waals surface area contributed by atoms with Crippen molar-refractivity contribution in [1.29, 1.82) is 0 Å². The van der Waals surface area contributed by atoms with Crippen LogP contribution < -0.4 is 5.73 Å². The van der Waals surface area contributed by atoms with Crippen molar-refractivity contribution in [1.82, 2.24) is 4.57 Å². The minimum atomic E-state index is -0.269. The zero-order valence-corrected chi connectivity index (χ0v) is 11.5. The number of carbonyl (C=O) groups is 1. The highest BCUT2D eigenvalue weighted by Crippen LogP contribution is 2.31. The zero-order valence-electron chi connectivity index (χ0n) is 11.5. The second kappa shape index (κ2) is 4.48. The van der Waals surface area contributed by atoms with Crippen molar-refractivity contribution in [3.63, 3.8) is 0 Å². The molecule has 0 radical (unpaired) electrons. The molecule has 0 spiro atoms. The lowest BCUT2D eigenvalue weighted by Gasteiger charge is -2.07. The van der Waals surface area contributed by atoms with E-state index in [0.717, 1.165) is 17.8 Å². The van der Waals surface area contributed by atoms with Crippen molar-refractivity contribution in [3.05, 3.63) is 34.5 Å². The van der Waals surface area contributed by atoms with E-state index < -0.39 is 0 Å². The minimum Gasteiger partial charge on any atom is -0.369 e. The van der Waals surface area contributed by atoms with Gasteiger partial charge in [-0.15, -0.1) is 0 Å². The van der Waals surface area contributed by atoms with E-state index in [9.17, 15) is 4.79 Å². The van der Waals surface area contributed by atoms with Crippen LogP contribution in [-0.4, -0.2) is 10.5 Å². The largest absolute Gasteiger partial charge is 0.369 e. The molecule has 0 atom stereocenters. The molecule has 0 saturated carbocycles. The molecule has 2 N–H and O–H groups in total. The van der Waals surface area contributed by atoms with Crippen molar-refractivity contribution in [2.24, 2.45) is 5.73 Å². The molecule has 0 bridgehead atoms. The molecule has 2 rings (SSSR count). The Morgan fingerprint density at radius 2 is 1.83 bits per heavy atom. The molecule has 0 aliphatic rings. The highest BCUT2D eigenvalue weighted by Gasteiger charge is 2.17. The number of primary amides is 1. The number of hydrogen-bond donors (Lipinski definition) is 1. The van der Waals surface area contributed by atoms with Gasteiger partial charge in [0.2, 0.25) is 5.91 Å². The third kappa shape index (κ3) is 1.80. The van der Waals surface area contributed by atoms with Gasteiger partial charge in [0.1, 0.15) is 0 Å². The normalized spacial score (nSPS) is 11.1. The fourth-order valence-corrected chi connectivity index (χ4v) is 2.82. The quantitative estimate of drug-likeness (QED) is 0.886. The first-order valence-electron chi connectivity index (χ1n) is 6.33. The van der Waals surface area contributed by atoms with E-state index >= 15 is 0 Å². The fraction of sp³-hybridized carbons (Fsp3) is 0.400. The van der Waals surface area contributed by atoms with Crippen molar-refractivity contribution in [3.8, 4) is 0 Å². The number of nitrogens with two attached hydrogens (primary N) is 1. The van der Waals surface area contributed by atoms with Gasteiger partial charge in [-0.2, -0.15) is 0 Å². The van der Waals surface area contributed by atoms with Crippen molar-refractivity contribution in [2.75, 3.05) is 0 Å². The number of hydrogen-bond acceptors (Lipinski definition) is 1. The van der Waals surface area contributed by atoms with Gasteiger partial charge in [0.25, 0.3) is 0 Å².